The summed E-state index contributed by atoms with van der Waals surface area (Å²) in [5.41, 5.74) is 5.61. The van der Waals surface area contributed by atoms with Crippen LogP contribution in [0.1, 0.15) is 57.4 Å². The van der Waals surface area contributed by atoms with E-state index >= 15 is 0 Å². The zero-order valence-corrected chi connectivity index (χ0v) is 25.4. The summed E-state index contributed by atoms with van der Waals surface area (Å²) < 4.78 is 6.21. The summed E-state index contributed by atoms with van der Waals surface area (Å²) in [7, 11) is 0. The van der Waals surface area contributed by atoms with E-state index < -0.39 is 11.9 Å². The van der Waals surface area contributed by atoms with Gasteiger partial charge in [0.05, 0.1) is 5.56 Å². The molecule has 0 aliphatic heterocycles. The molecule has 0 heterocycles. The van der Waals surface area contributed by atoms with Crippen molar-refractivity contribution < 1.29 is 29.3 Å². The Kier molecular flexibility index (Phi) is 13.5. The minimum atomic E-state index is -1.01. The maximum absolute atomic E-state index is 13.1. The van der Waals surface area contributed by atoms with Crippen LogP contribution in [-0.4, -0.2) is 39.5 Å². The molecule has 0 bridgehead atoms. The third-order valence-corrected chi connectivity index (χ3v) is 7.29. The lowest BCUT2D eigenvalue weighted by Gasteiger charge is -2.24. The highest BCUT2D eigenvalue weighted by atomic mass is 35.5. The van der Waals surface area contributed by atoms with Gasteiger partial charge in [-0.3, -0.25) is 9.59 Å². The van der Waals surface area contributed by atoms with E-state index in [1.807, 2.05) is 30.3 Å². The average Bonchev–Trinajstić information content (AvgIpc) is 3.02. The quantitative estimate of drug-likeness (QED) is 0.141. The Balaban J connectivity index is 0.00000529. The predicted octanol–water partition coefficient (Wildman–Crippen LogP) is 7.00. The molecule has 0 atom stereocenters. The molecular weight excluding hydrogens is 578 g/mol. The third kappa shape index (κ3) is 10.9. The molecule has 2 N–H and O–H groups in total. The maximum atomic E-state index is 13.1. The molecule has 7 nitrogen and oxygen atoms in total. The third-order valence-electron chi connectivity index (χ3n) is 7.29. The highest BCUT2D eigenvalue weighted by Gasteiger charge is 2.16. The van der Waals surface area contributed by atoms with Crippen LogP contribution < -0.4 is 4.74 Å². The average molecular weight is 616 g/mol. The number of carboxylic acid groups (broad SMARTS) is 2. The fourth-order valence-corrected chi connectivity index (χ4v) is 4.82. The number of rotatable bonds is 16. The second-order valence-corrected chi connectivity index (χ2v) is 10.5. The first kappa shape index (κ1) is 33.9. The van der Waals surface area contributed by atoms with Crippen LogP contribution >= 0.6 is 12.4 Å². The molecule has 0 spiro atoms. The van der Waals surface area contributed by atoms with Crippen molar-refractivity contribution in [1.29, 1.82) is 0 Å². The van der Waals surface area contributed by atoms with Gasteiger partial charge in [0.1, 0.15) is 12.4 Å². The van der Waals surface area contributed by atoms with Gasteiger partial charge in [0.25, 0.3) is 0 Å². The number of nitrogens with zero attached hydrogens (tertiary/aromatic N) is 1. The first-order valence-electron chi connectivity index (χ1n) is 14.5. The summed E-state index contributed by atoms with van der Waals surface area (Å²) in [6, 6.07) is 33.1. The number of halogens is 1. The van der Waals surface area contributed by atoms with Crippen molar-refractivity contribution >= 4 is 30.3 Å². The predicted molar refractivity (Wildman–Crippen MR) is 172 cm³/mol. The summed E-state index contributed by atoms with van der Waals surface area (Å²) in [4.78, 5) is 37.0. The van der Waals surface area contributed by atoms with E-state index in [9.17, 15) is 19.5 Å². The molecule has 230 valence electrons. The van der Waals surface area contributed by atoms with Crippen LogP contribution in [0.4, 0.5) is 0 Å². The van der Waals surface area contributed by atoms with Crippen LogP contribution in [0.2, 0.25) is 0 Å². The number of amides is 1. The van der Waals surface area contributed by atoms with Crippen LogP contribution in [0.3, 0.4) is 0 Å². The van der Waals surface area contributed by atoms with E-state index in [1.54, 1.807) is 17.0 Å². The normalized spacial score (nSPS) is 10.5. The summed E-state index contributed by atoms with van der Waals surface area (Å²) in [5, 5.41) is 18.2. The van der Waals surface area contributed by atoms with E-state index in [-0.39, 0.29) is 43.1 Å². The van der Waals surface area contributed by atoms with E-state index in [2.05, 4.69) is 48.5 Å². The molecule has 1 amide bonds. The second-order valence-electron chi connectivity index (χ2n) is 10.5. The number of benzene rings is 4. The lowest BCUT2D eigenvalue weighted by molar-refractivity contribution is -0.137. The lowest BCUT2D eigenvalue weighted by Crippen LogP contribution is -2.32. The zero-order chi connectivity index (χ0) is 30.4. The highest BCUT2D eigenvalue weighted by Crippen LogP contribution is 2.22. The Morgan fingerprint density at radius 2 is 1.23 bits per heavy atom. The molecule has 0 aliphatic rings. The largest absolute Gasteiger partial charge is 0.489 e. The van der Waals surface area contributed by atoms with E-state index in [0.717, 1.165) is 35.3 Å². The van der Waals surface area contributed by atoms with Gasteiger partial charge in [-0.05, 0) is 71.7 Å². The topological polar surface area (TPSA) is 104 Å². The summed E-state index contributed by atoms with van der Waals surface area (Å²) in [5.74, 6) is -1.34. The fourth-order valence-electron chi connectivity index (χ4n) is 4.82. The van der Waals surface area contributed by atoms with Crippen LogP contribution in [-0.2, 0) is 42.0 Å². The van der Waals surface area contributed by atoms with Crippen molar-refractivity contribution in [2.24, 2.45) is 0 Å². The molecule has 0 unspecified atom stereocenters. The number of aromatic carboxylic acids is 1. The van der Waals surface area contributed by atoms with Crippen molar-refractivity contribution in [2.45, 2.75) is 51.7 Å². The smallest absolute Gasteiger partial charge is 0.335 e. The molecule has 0 saturated heterocycles. The van der Waals surface area contributed by atoms with E-state index in [4.69, 9.17) is 9.84 Å². The number of aryl methyl sites for hydroxylation is 2. The number of ether oxygens (including phenoxy) is 1. The maximum Gasteiger partial charge on any atom is 0.335 e. The molecule has 4 aromatic carbocycles. The van der Waals surface area contributed by atoms with Gasteiger partial charge >= 0.3 is 11.9 Å². The molecule has 44 heavy (non-hydrogen) atoms. The summed E-state index contributed by atoms with van der Waals surface area (Å²) in [6.07, 6.45) is 2.83. The Bertz CT molecular complexity index is 1490. The van der Waals surface area contributed by atoms with Gasteiger partial charge in [0.2, 0.25) is 5.91 Å². The molecule has 0 saturated carbocycles. The minimum Gasteiger partial charge on any atom is -0.489 e. The standard InChI is InChI=1S/C36H37NO6.ClH/c38-34(11-6-12-35(39)40)37(25-29-19-21-32(22-20-29)36(41)42)24-23-31-9-4-5-10-33(31)43-26-30-17-15-28(16-18-30)14-13-27-7-2-1-3-8-27;/h1-5,7-10,15-22H,6,11-14,23-26H2,(H,39,40)(H,41,42);1H. The monoisotopic (exact) mass is 615 g/mol. The van der Waals surface area contributed by atoms with Crippen molar-refractivity contribution in [3.05, 3.63) is 137 Å². The van der Waals surface area contributed by atoms with Gasteiger partial charge in [0.15, 0.2) is 0 Å². The second kappa shape index (κ2) is 17.5. The van der Waals surface area contributed by atoms with Crippen molar-refractivity contribution in [2.75, 3.05) is 6.54 Å². The number of hydrogen-bond acceptors (Lipinski definition) is 4. The van der Waals surface area contributed by atoms with Gasteiger partial charge in [-0.1, -0.05) is 84.9 Å². The minimum absolute atomic E-state index is 0. The Labute approximate surface area is 264 Å². The Morgan fingerprint density at radius 1 is 0.636 bits per heavy atom. The highest BCUT2D eigenvalue weighted by molar-refractivity contribution is 5.87. The number of carbonyl (C=O) groups is 3. The SMILES string of the molecule is Cl.O=C(O)CCCC(=O)N(CCc1ccccc1OCc1ccc(CCc2ccccc2)cc1)Cc1ccc(C(=O)O)cc1. The molecule has 8 heteroatoms. The number of hydrogen-bond donors (Lipinski definition) is 2. The first-order chi connectivity index (χ1) is 20.9. The molecule has 0 aromatic heterocycles. The molecule has 0 aliphatic carbocycles. The first-order valence-corrected chi connectivity index (χ1v) is 14.5. The van der Waals surface area contributed by atoms with Crippen LogP contribution in [0.15, 0.2) is 103 Å². The van der Waals surface area contributed by atoms with Gasteiger partial charge in [0, 0.05) is 25.9 Å². The van der Waals surface area contributed by atoms with Crippen LogP contribution in [0.25, 0.3) is 0 Å². The summed E-state index contributed by atoms with van der Waals surface area (Å²) >= 11 is 0. The zero-order valence-electron chi connectivity index (χ0n) is 24.6. The van der Waals surface area contributed by atoms with Gasteiger partial charge in [-0.2, -0.15) is 0 Å². The van der Waals surface area contributed by atoms with E-state index in [1.165, 1.54) is 23.3 Å². The molecular formula is C36H38ClNO6. The van der Waals surface area contributed by atoms with Crippen molar-refractivity contribution in [3.8, 4) is 5.75 Å². The van der Waals surface area contributed by atoms with Crippen LogP contribution in [0, 0.1) is 0 Å². The lowest BCUT2D eigenvalue weighted by atomic mass is 10.0. The number of para-hydroxylation sites is 1. The van der Waals surface area contributed by atoms with Gasteiger partial charge in [-0.25, -0.2) is 4.79 Å². The summed E-state index contributed by atoms with van der Waals surface area (Å²) in [6.45, 7) is 1.12. The molecule has 4 aromatic rings. The van der Waals surface area contributed by atoms with Gasteiger partial charge < -0.3 is 19.8 Å². The van der Waals surface area contributed by atoms with Gasteiger partial charge in [-0.15, -0.1) is 12.4 Å². The number of carbonyl (C=O) groups excluding carboxylic acids is 1. The number of aliphatic carboxylic acids is 1. The van der Waals surface area contributed by atoms with E-state index in [0.29, 0.717) is 26.1 Å². The Hall–Kier alpha value is -4.62. The molecule has 0 fully saturated rings. The number of carboxylic acids is 2. The van der Waals surface area contributed by atoms with Crippen molar-refractivity contribution in [3.63, 3.8) is 0 Å². The Morgan fingerprint density at radius 3 is 1.89 bits per heavy atom. The van der Waals surface area contributed by atoms with Crippen LogP contribution in [0.5, 0.6) is 5.75 Å². The fraction of sp³-hybridized carbons (Fsp3) is 0.250. The molecule has 0 radical (unpaired) electrons. The van der Waals surface area contributed by atoms with Crippen molar-refractivity contribution in [1.82, 2.24) is 4.90 Å². The molecule has 4 rings (SSSR count).